The number of nitro benzene ring substituents is 1. The van der Waals surface area contributed by atoms with Crippen LogP contribution in [0.2, 0.25) is 0 Å². The van der Waals surface area contributed by atoms with E-state index >= 15 is 0 Å². The van der Waals surface area contributed by atoms with Gasteiger partial charge in [0, 0.05) is 19.2 Å². The molecule has 1 aliphatic rings. The first-order chi connectivity index (χ1) is 8.08. The number of piperidine rings is 1. The van der Waals surface area contributed by atoms with E-state index in [1.807, 2.05) is 12.1 Å². The third-order valence-corrected chi connectivity index (χ3v) is 3.29. The molecule has 17 heavy (non-hydrogen) atoms. The summed E-state index contributed by atoms with van der Waals surface area (Å²) in [6.07, 6.45) is 1.21. The number of nitrogens with zero attached hydrogens (tertiary/aromatic N) is 2. The summed E-state index contributed by atoms with van der Waals surface area (Å²) in [5.41, 5.74) is 0.977. The SMILES string of the molecule is C[C@@H]1C[C@@H](C)CN(c2ccccc2[N+](=O)[O-])C1. The Kier molecular flexibility index (Phi) is 3.31. The van der Waals surface area contributed by atoms with Gasteiger partial charge < -0.3 is 4.90 Å². The number of nitro groups is 1. The average Bonchev–Trinajstić information content (AvgIpc) is 2.27. The first-order valence-corrected chi connectivity index (χ1v) is 6.06. The zero-order valence-corrected chi connectivity index (χ0v) is 10.3. The molecule has 0 spiro atoms. The third kappa shape index (κ3) is 2.57. The van der Waals surface area contributed by atoms with E-state index in [9.17, 15) is 10.1 Å². The Hall–Kier alpha value is -1.58. The molecule has 4 nitrogen and oxygen atoms in total. The van der Waals surface area contributed by atoms with Gasteiger partial charge in [-0.2, -0.15) is 0 Å². The Bertz CT molecular complexity index is 410. The molecule has 4 heteroatoms. The summed E-state index contributed by atoms with van der Waals surface area (Å²) in [7, 11) is 0. The van der Waals surface area contributed by atoms with E-state index in [-0.39, 0.29) is 10.6 Å². The predicted molar refractivity (Wildman–Crippen MR) is 68.3 cm³/mol. The largest absolute Gasteiger partial charge is 0.365 e. The van der Waals surface area contributed by atoms with Crippen molar-refractivity contribution in [2.24, 2.45) is 11.8 Å². The van der Waals surface area contributed by atoms with E-state index in [1.54, 1.807) is 12.1 Å². The number of hydrogen-bond donors (Lipinski definition) is 0. The highest BCUT2D eigenvalue weighted by molar-refractivity contribution is 5.63. The number of para-hydroxylation sites is 2. The number of rotatable bonds is 2. The van der Waals surface area contributed by atoms with Crippen molar-refractivity contribution in [2.45, 2.75) is 20.3 Å². The second-order valence-electron chi connectivity index (χ2n) is 5.10. The number of benzene rings is 1. The van der Waals surface area contributed by atoms with Crippen molar-refractivity contribution in [3.8, 4) is 0 Å². The molecule has 1 aromatic carbocycles. The Morgan fingerprint density at radius 3 is 2.41 bits per heavy atom. The van der Waals surface area contributed by atoms with Crippen LogP contribution in [0.5, 0.6) is 0 Å². The summed E-state index contributed by atoms with van der Waals surface area (Å²) in [4.78, 5) is 12.9. The molecule has 0 saturated carbocycles. The molecule has 1 aromatic rings. The standard InChI is InChI=1S/C13H18N2O2/c1-10-7-11(2)9-14(8-10)12-5-3-4-6-13(12)15(16)17/h3-6,10-11H,7-9H2,1-2H3/t10-,11-/m1/s1. The fraction of sp³-hybridized carbons (Fsp3) is 0.538. The first kappa shape index (κ1) is 11.9. The van der Waals surface area contributed by atoms with E-state index in [4.69, 9.17) is 0 Å². The van der Waals surface area contributed by atoms with Crippen LogP contribution in [0.25, 0.3) is 0 Å². The van der Waals surface area contributed by atoms with Gasteiger partial charge in [0.25, 0.3) is 5.69 Å². The molecule has 1 saturated heterocycles. The molecule has 0 aliphatic carbocycles. The predicted octanol–water partition coefficient (Wildman–Crippen LogP) is 3.08. The molecule has 1 heterocycles. The minimum absolute atomic E-state index is 0.216. The zero-order chi connectivity index (χ0) is 12.4. The minimum Gasteiger partial charge on any atom is -0.365 e. The molecule has 1 fully saturated rings. The summed E-state index contributed by atoms with van der Waals surface area (Å²) < 4.78 is 0. The van der Waals surface area contributed by atoms with Crippen LogP contribution in [0.1, 0.15) is 20.3 Å². The quantitative estimate of drug-likeness (QED) is 0.583. The van der Waals surface area contributed by atoms with Crippen molar-refractivity contribution in [3.05, 3.63) is 34.4 Å². The molecule has 0 N–H and O–H groups in total. The van der Waals surface area contributed by atoms with Gasteiger partial charge in [-0.1, -0.05) is 26.0 Å². The number of anilines is 1. The van der Waals surface area contributed by atoms with E-state index in [0.29, 0.717) is 11.8 Å². The van der Waals surface area contributed by atoms with Crippen LogP contribution in [-0.4, -0.2) is 18.0 Å². The lowest BCUT2D eigenvalue weighted by molar-refractivity contribution is -0.384. The molecule has 0 amide bonds. The molecule has 0 aromatic heterocycles. The minimum atomic E-state index is -0.292. The van der Waals surface area contributed by atoms with Gasteiger partial charge in [-0.3, -0.25) is 10.1 Å². The van der Waals surface area contributed by atoms with Gasteiger partial charge in [0.05, 0.1) is 4.92 Å². The Morgan fingerprint density at radius 1 is 1.24 bits per heavy atom. The van der Waals surface area contributed by atoms with Gasteiger partial charge in [-0.05, 0) is 24.3 Å². The third-order valence-electron chi connectivity index (χ3n) is 3.29. The summed E-state index contributed by atoms with van der Waals surface area (Å²) in [5.74, 6) is 1.19. The summed E-state index contributed by atoms with van der Waals surface area (Å²) in [6, 6.07) is 7.02. The monoisotopic (exact) mass is 234 g/mol. The maximum Gasteiger partial charge on any atom is 0.292 e. The van der Waals surface area contributed by atoms with Crippen LogP contribution in [0.3, 0.4) is 0 Å². The van der Waals surface area contributed by atoms with E-state index in [1.165, 1.54) is 6.42 Å². The topological polar surface area (TPSA) is 46.4 Å². The van der Waals surface area contributed by atoms with Gasteiger partial charge in [0.15, 0.2) is 0 Å². The molecule has 0 radical (unpaired) electrons. The summed E-state index contributed by atoms with van der Waals surface area (Å²) in [5, 5.41) is 11.0. The van der Waals surface area contributed by atoms with E-state index < -0.39 is 0 Å². The van der Waals surface area contributed by atoms with Gasteiger partial charge in [-0.25, -0.2) is 0 Å². The molecule has 0 unspecified atom stereocenters. The first-order valence-electron chi connectivity index (χ1n) is 6.06. The van der Waals surface area contributed by atoms with E-state index in [0.717, 1.165) is 18.8 Å². The fourth-order valence-corrected chi connectivity index (χ4v) is 2.75. The van der Waals surface area contributed by atoms with Crippen molar-refractivity contribution in [1.29, 1.82) is 0 Å². The van der Waals surface area contributed by atoms with Crippen molar-refractivity contribution in [2.75, 3.05) is 18.0 Å². The summed E-state index contributed by atoms with van der Waals surface area (Å²) >= 11 is 0. The number of hydrogen-bond acceptors (Lipinski definition) is 3. The van der Waals surface area contributed by atoms with Gasteiger partial charge in [-0.15, -0.1) is 0 Å². The maximum atomic E-state index is 11.0. The lowest BCUT2D eigenvalue weighted by Crippen LogP contribution is -2.38. The molecule has 1 aliphatic heterocycles. The smallest absolute Gasteiger partial charge is 0.292 e. The van der Waals surface area contributed by atoms with Crippen LogP contribution < -0.4 is 4.90 Å². The lowest BCUT2D eigenvalue weighted by Gasteiger charge is -2.36. The lowest BCUT2D eigenvalue weighted by atomic mass is 9.91. The van der Waals surface area contributed by atoms with Crippen LogP contribution in [0, 0.1) is 22.0 Å². The van der Waals surface area contributed by atoms with Gasteiger partial charge in [0.1, 0.15) is 5.69 Å². The van der Waals surface area contributed by atoms with Crippen LogP contribution in [0.4, 0.5) is 11.4 Å². The van der Waals surface area contributed by atoms with Crippen LogP contribution >= 0.6 is 0 Å². The zero-order valence-electron chi connectivity index (χ0n) is 10.3. The molecular formula is C13H18N2O2. The average molecular weight is 234 g/mol. The maximum absolute atomic E-state index is 11.0. The van der Waals surface area contributed by atoms with Crippen molar-refractivity contribution < 1.29 is 4.92 Å². The normalized spacial score (nSPS) is 24.7. The Morgan fingerprint density at radius 2 is 1.82 bits per heavy atom. The van der Waals surface area contributed by atoms with Crippen LogP contribution in [-0.2, 0) is 0 Å². The van der Waals surface area contributed by atoms with Crippen LogP contribution in [0.15, 0.2) is 24.3 Å². The molecular weight excluding hydrogens is 216 g/mol. The van der Waals surface area contributed by atoms with Gasteiger partial charge in [0.2, 0.25) is 0 Å². The van der Waals surface area contributed by atoms with Crippen molar-refractivity contribution in [1.82, 2.24) is 0 Å². The second-order valence-corrected chi connectivity index (χ2v) is 5.10. The Balaban J connectivity index is 2.30. The molecule has 92 valence electrons. The van der Waals surface area contributed by atoms with Gasteiger partial charge >= 0.3 is 0 Å². The second kappa shape index (κ2) is 4.73. The highest BCUT2D eigenvalue weighted by Gasteiger charge is 2.26. The molecule has 0 bridgehead atoms. The van der Waals surface area contributed by atoms with Crippen molar-refractivity contribution in [3.63, 3.8) is 0 Å². The fourth-order valence-electron chi connectivity index (χ4n) is 2.75. The van der Waals surface area contributed by atoms with Crippen molar-refractivity contribution >= 4 is 11.4 Å². The Labute approximate surface area is 101 Å². The highest BCUT2D eigenvalue weighted by atomic mass is 16.6. The van der Waals surface area contributed by atoms with E-state index in [2.05, 4.69) is 18.7 Å². The summed E-state index contributed by atoms with van der Waals surface area (Å²) in [6.45, 7) is 6.24. The highest BCUT2D eigenvalue weighted by Crippen LogP contribution is 2.32. The molecule has 2 atom stereocenters. The molecule has 2 rings (SSSR count).